The Morgan fingerprint density at radius 2 is 2.14 bits per heavy atom. The molecule has 146 valence electrons. The molecule has 0 saturated carbocycles. The number of aromatic nitrogens is 2. The zero-order chi connectivity index (χ0) is 20.4. The van der Waals surface area contributed by atoms with E-state index >= 15 is 0 Å². The number of aliphatic imine (C=N–C) groups is 1. The monoisotopic (exact) mass is 391 g/mol. The highest BCUT2D eigenvalue weighted by atomic mass is 19.1. The number of carbonyl (C=O) groups is 1. The van der Waals surface area contributed by atoms with E-state index in [4.69, 9.17) is 4.84 Å². The van der Waals surface area contributed by atoms with Crippen LogP contribution in [0.2, 0.25) is 0 Å². The van der Waals surface area contributed by atoms with Gasteiger partial charge in [-0.2, -0.15) is 10.5 Å². The number of imidazole rings is 1. The predicted molar refractivity (Wildman–Crippen MR) is 107 cm³/mol. The van der Waals surface area contributed by atoms with Gasteiger partial charge in [0.15, 0.2) is 5.84 Å². The van der Waals surface area contributed by atoms with Gasteiger partial charge in [-0.15, -0.1) is 0 Å². The average Bonchev–Trinajstić information content (AvgIpc) is 3.34. The van der Waals surface area contributed by atoms with Crippen molar-refractivity contribution < 1.29 is 14.0 Å². The van der Waals surface area contributed by atoms with Gasteiger partial charge in [0.2, 0.25) is 5.91 Å². The van der Waals surface area contributed by atoms with Gasteiger partial charge in [-0.1, -0.05) is 30.8 Å². The largest absolute Gasteiger partial charge is 0.359 e. The lowest BCUT2D eigenvalue weighted by atomic mass is 10.2. The number of benzene rings is 2. The number of aryl methyl sites for hydroxylation is 1. The van der Waals surface area contributed by atoms with Gasteiger partial charge in [0.25, 0.3) is 5.88 Å². The number of hydrogen-bond donors (Lipinski definition) is 2. The number of hydrogen-bond acceptors (Lipinski definition) is 5. The maximum absolute atomic E-state index is 13.6. The van der Waals surface area contributed by atoms with Crippen LogP contribution in [0, 0.1) is 12.7 Å². The van der Waals surface area contributed by atoms with Crippen molar-refractivity contribution >= 4 is 29.9 Å². The first kappa shape index (κ1) is 18.4. The number of nitrogens with one attached hydrogen (secondary N) is 2. The quantitative estimate of drug-likeness (QED) is 0.705. The summed E-state index contributed by atoms with van der Waals surface area (Å²) in [6.07, 6.45) is 3.19. The Morgan fingerprint density at radius 1 is 1.31 bits per heavy atom. The zero-order valence-electron chi connectivity index (χ0n) is 15.6. The first-order valence-electron chi connectivity index (χ1n) is 8.87. The maximum Gasteiger partial charge on any atom is 0.255 e. The summed E-state index contributed by atoms with van der Waals surface area (Å²) < 4.78 is 15.2. The first-order valence-corrected chi connectivity index (χ1v) is 8.87. The third-order valence-corrected chi connectivity index (χ3v) is 4.36. The van der Waals surface area contributed by atoms with Crippen LogP contribution < -0.4 is 21.2 Å². The van der Waals surface area contributed by atoms with E-state index in [1.807, 2.05) is 24.3 Å². The van der Waals surface area contributed by atoms with Crippen molar-refractivity contribution in [3.8, 4) is 0 Å². The van der Waals surface area contributed by atoms with Gasteiger partial charge in [0.05, 0.1) is 6.33 Å². The van der Waals surface area contributed by atoms with Gasteiger partial charge < -0.3 is 14.7 Å². The number of nitrogens with zero attached hydrogens (tertiary/aromatic N) is 3. The molecular formula is C21H18FN5O2. The molecule has 4 rings (SSSR count). The van der Waals surface area contributed by atoms with E-state index in [1.165, 1.54) is 12.4 Å². The molecule has 29 heavy (non-hydrogen) atoms. The highest BCUT2D eigenvalue weighted by Crippen LogP contribution is 2.14. The van der Waals surface area contributed by atoms with Crippen molar-refractivity contribution in [2.75, 3.05) is 5.32 Å². The van der Waals surface area contributed by atoms with Gasteiger partial charge in [-0.05, 0) is 35.9 Å². The zero-order valence-corrected chi connectivity index (χ0v) is 15.6. The minimum atomic E-state index is -0.367. The van der Waals surface area contributed by atoms with Gasteiger partial charge in [0.1, 0.15) is 18.1 Å². The van der Waals surface area contributed by atoms with E-state index in [-0.39, 0.29) is 18.3 Å². The van der Waals surface area contributed by atoms with Gasteiger partial charge in [-0.25, -0.2) is 9.37 Å². The molecule has 0 bridgehead atoms. The molecule has 2 aromatic carbocycles. The Hall–Kier alpha value is -3.94. The Balaban J connectivity index is 1.47. The molecule has 0 aliphatic carbocycles. The van der Waals surface area contributed by atoms with E-state index in [0.29, 0.717) is 28.7 Å². The number of carbonyl (C=O) groups excluding carboxylic acids is 1. The van der Waals surface area contributed by atoms with Crippen LogP contribution in [0.1, 0.15) is 11.3 Å². The number of hydroxylamine groups is 1. The smallest absolute Gasteiger partial charge is 0.255 e. The summed E-state index contributed by atoms with van der Waals surface area (Å²) in [5.74, 6) is 0.171. The number of amides is 1. The van der Waals surface area contributed by atoms with Crippen LogP contribution in [0.4, 0.5) is 10.1 Å². The summed E-state index contributed by atoms with van der Waals surface area (Å²) >= 11 is 0. The number of rotatable bonds is 4. The van der Waals surface area contributed by atoms with Gasteiger partial charge in [0, 0.05) is 17.1 Å². The van der Waals surface area contributed by atoms with E-state index in [1.54, 1.807) is 29.8 Å². The van der Waals surface area contributed by atoms with E-state index in [2.05, 4.69) is 27.4 Å². The number of anilines is 1. The molecule has 1 aliphatic rings. The number of amidine groups is 1. The maximum atomic E-state index is 13.6. The molecule has 1 aromatic heterocycles. The fraction of sp³-hybridized carbons (Fsp3) is 0.0952. The molecule has 0 saturated heterocycles. The van der Waals surface area contributed by atoms with Crippen molar-refractivity contribution in [1.29, 1.82) is 0 Å². The lowest BCUT2D eigenvalue weighted by Gasteiger charge is -2.06. The fourth-order valence-electron chi connectivity index (χ4n) is 2.80. The molecule has 1 aliphatic heterocycles. The third kappa shape index (κ3) is 4.01. The summed E-state index contributed by atoms with van der Waals surface area (Å²) in [6.45, 7) is 5.64. The SMILES string of the molecule is C=c1ccccc1=C1N=C(c2cn(CC(=O)Nc3ccc(C)c(F)c3)cn2)NO1. The second kappa shape index (κ2) is 7.59. The lowest BCUT2D eigenvalue weighted by molar-refractivity contribution is -0.116. The third-order valence-electron chi connectivity index (χ3n) is 4.36. The van der Waals surface area contributed by atoms with Crippen molar-refractivity contribution in [3.63, 3.8) is 0 Å². The highest BCUT2D eigenvalue weighted by molar-refractivity contribution is 6.00. The van der Waals surface area contributed by atoms with E-state index in [0.717, 1.165) is 10.4 Å². The van der Waals surface area contributed by atoms with Crippen LogP contribution in [0.3, 0.4) is 0 Å². The van der Waals surface area contributed by atoms with Crippen molar-refractivity contribution in [1.82, 2.24) is 15.0 Å². The average molecular weight is 391 g/mol. The molecule has 0 radical (unpaired) electrons. The summed E-state index contributed by atoms with van der Waals surface area (Å²) in [5, 5.41) is 4.24. The van der Waals surface area contributed by atoms with Crippen LogP contribution in [-0.4, -0.2) is 21.3 Å². The first-order chi connectivity index (χ1) is 14.0. The molecule has 0 unspecified atom stereocenters. The summed E-state index contributed by atoms with van der Waals surface area (Å²) in [4.78, 5) is 26.3. The van der Waals surface area contributed by atoms with Crippen LogP contribution in [0.25, 0.3) is 12.5 Å². The molecule has 0 spiro atoms. The molecule has 1 amide bonds. The Morgan fingerprint density at radius 3 is 2.93 bits per heavy atom. The van der Waals surface area contributed by atoms with Crippen molar-refractivity contribution in [2.24, 2.45) is 4.99 Å². The number of halogens is 1. The summed E-state index contributed by atoms with van der Waals surface area (Å²) in [5.41, 5.74) is 4.18. The summed E-state index contributed by atoms with van der Waals surface area (Å²) in [7, 11) is 0. The molecule has 2 heterocycles. The Bertz CT molecular complexity index is 1230. The van der Waals surface area contributed by atoms with Crippen LogP contribution >= 0.6 is 0 Å². The lowest BCUT2D eigenvalue weighted by Crippen LogP contribution is -2.25. The fourth-order valence-corrected chi connectivity index (χ4v) is 2.80. The standard InChI is InChI=1S/C21H18FN5O2/c1-13-5-3-4-6-16(13)21-25-20(26-29-21)18-10-27(12-23-18)11-19(28)24-15-8-7-14(2)17(22)9-15/h3-10,12H,1,11H2,2H3,(H,24,28)(H,25,26). The molecule has 7 nitrogen and oxygen atoms in total. The van der Waals surface area contributed by atoms with Crippen LogP contribution in [-0.2, 0) is 16.2 Å². The second-order valence-corrected chi connectivity index (χ2v) is 6.57. The van der Waals surface area contributed by atoms with Crippen molar-refractivity contribution in [3.05, 3.63) is 82.5 Å². The second-order valence-electron chi connectivity index (χ2n) is 6.57. The topological polar surface area (TPSA) is 80.5 Å². The summed E-state index contributed by atoms with van der Waals surface area (Å²) in [6, 6.07) is 12.1. The van der Waals surface area contributed by atoms with Crippen molar-refractivity contribution in [2.45, 2.75) is 13.5 Å². The Labute approximate surface area is 165 Å². The minimum Gasteiger partial charge on any atom is -0.359 e. The minimum absolute atomic E-state index is 0.0227. The van der Waals surface area contributed by atoms with E-state index < -0.39 is 0 Å². The normalized spacial score (nSPS) is 14.8. The predicted octanol–water partition coefficient (Wildman–Crippen LogP) is 1.43. The Kier molecular flexibility index (Phi) is 4.82. The molecule has 3 aromatic rings. The van der Waals surface area contributed by atoms with Crippen LogP contribution in [0.5, 0.6) is 0 Å². The van der Waals surface area contributed by atoms with Crippen LogP contribution in [0.15, 0.2) is 60.0 Å². The molecule has 0 fully saturated rings. The molecule has 2 N–H and O–H groups in total. The van der Waals surface area contributed by atoms with Gasteiger partial charge in [-0.3, -0.25) is 4.79 Å². The molecular weight excluding hydrogens is 373 g/mol. The van der Waals surface area contributed by atoms with Gasteiger partial charge >= 0.3 is 0 Å². The molecule has 0 atom stereocenters. The molecule has 8 heteroatoms. The van der Waals surface area contributed by atoms with E-state index in [9.17, 15) is 9.18 Å². The highest BCUT2D eigenvalue weighted by Gasteiger charge is 2.17.